The van der Waals surface area contributed by atoms with E-state index in [-0.39, 0.29) is 18.3 Å². The SMILES string of the molecule is NC(=NO)c1cccc(OCc2cc(F)cc(Br)c2)c1. The van der Waals surface area contributed by atoms with Crippen molar-refractivity contribution in [1.29, 1.82) is 0 Å². The second-order valence-corrected chi connectivity index (χ2v) is 5.00. The fourth-order valence-electron chi connectivity index (χ4n) is 1.66. The highest BCUT2D eigenvalue weighted by Crippen LogP contribution is 2.18. The minimum absolute atomic E-state index is 0.00366. The molecule has 0 aliphatic heterocycles. The Labute approximate surface area is 123 Å². The molecule has 0 atom stereocenters. The summed E-state index contributed by atoms with van der Waals surface area (Å²) in [6.07, 6.45) is 0. The Morgan fingerprint density at radius 1 is 1.30 bits per heavy atom. The lowest BCUT2D eigenvalue weighted by molar-refractivity contribution is 0.305. The maximum Gasteiger partial charge on any atom is 0.170 e. The highest BCUT2D eigenvalue weighted by Gasteiger charge is 2.03. The highest BCUT2D eigenvalue weighted by molar-refractivity contribution is 9.10. The van der Waals surface area contributed by atoms with Crippen LogP contribution in [0.1, 0.15) is 11.1 Å². The molecular weight excluding hydrogens is 327 g/mol. The van der Waals surface area contributed by atoms with Crippen molar-refractivity contribution >= 4 is 21.8 Å². The smallest absolute Gasteiger partial charge is 0.170 e. The number of amidine groups is 1. The lowest BCUT2D eigenvalue weighted by Crippen LogP contribution is -2.12. The summed E-state index contributed by atoms with van der Waals surface area (Å²) in [5, 5.41) is 11.5. The molecule has 3 N–H and O–H groups in total. The van der Waals surface area contributed by atoms with Gasteiger partial charge in [0.15, 0.2) is 5.84 Å². The highest BCUT2D eigenvalue weighted by atomic mass is 79.9. The van der Waals surface area contributed by atoms with Crippen molar-refractivity contribution in [2.75, 3.05) is 0 Å². The third-order valence-electron chi connectivity index (χ3n) is 2.57. The van der Waals surface area contributed by atoms with E-state index in [4.69, 9.17) is 15.7 Å². The average Bonchev–Trinajstić information content (AvgIpc) is 2.43. The van der Waals surface area contributed by atoms with E-state index in [0.29, 0.717) is 21.3 Å². The summed E-state index contributed by atoms with van der Waals surface area (Å²) in [7, 11) is 0. The summed E-state index contributed by atoms with van der Waals surface area (Å²) in [5.74, 6) is 0.224. The van der Waals surface area contributed by atoms with Gasteiger partial charge < -0.3 is 15.7 Å². The molecule has 0 aliphatic rings. The first-order valence-electron chi connectivity index (χ1n) is 5.74. The zero-order valence-electron chi connectivity index (χ0n) is 10.4. The van der Waals surface area contributed by atoms with Gasteiger partial charge >= 0.3 is 0 Å². The lowest BCUT2D eigenvalue weighted by atomic mass is 10.2. The molecule has 4 nitrogen and oxygen atoms in total. The van der Waals surface area contributed by atoms with E-state index >= 15 is 0 Å². The van der Waals surface area contributed by atoms with Gasteiger partial charge in [0.05, 0.1) is 0 Å². The van der Waals surface area contributed by atoms with Crippen molar-refractivity contribution in [3.63, 3.8) is 0 Å². The predicted molar refractivity (Wildman–Crippen MR) is 77.4 cm³/mol. The fraction of sp³-hybridized carbons (Fsp3) is 0.0714. The van der Waals surface area contributed by atoms with Crippen molar-refractivity contribution in [3.8, 4) is 5.75 Å². The minimum Gasteiger partial charge on any atom is -0.489 e. The third-order valence-corrected chi connectivity index (χ3v) is 3.02. The molecular formula is C14H12BrFN2O2. The molecule has 2 aromatic carbocycles. The van der Waals surface area contributed by atoms with Gasteiger partial charge in [0.2, 0.25) is 0 Å². The minimum atomic E-state index is -0.330. The molecule has 0 aromatic heterocycles. The van der Waals surface area contributed by atoms with E-state index in [1.54, 1.807) is 30.3 Å². The van der Waals surface area contributed by atoms with E-state index < -0.39 is 0 Å². The Bertz CT molecular complexity index is 627. The van der Waals surface area contributed by atoms with Crippen LogP contribution < -0.4 is 10.5 Å². The second-order valence-electron chi connectivity index (χ2n) is 4.08. The standard InChI is InChI=1S/C14H12BrFN2O2/c15-11-4-9(5-12(16)7-11)8-20-13-3-1-2-10(6-13)14(17)18-19/h1-7,19H,8H2,(H2,17,18). The van der Waals surface area contributed by atoms with Crippen LogP contribution >= 0.6 is 15.9 Å². The zero-order chi connectivity index (χ0) is 14.5. The molecule has 0 saturated heterocycles. The molecule has 20 heavy (non-hydrogen) atoms. The maximum absolute atomic E-state index is 13.2. The van der Waals surface area contributed by atoms with Gasteiger partial charge in [-0.2, -0.15) is 0 Å². The van der Waals surface area contributed by atoms with Gasteiger partial charge in [0.25, 0.3) is 0 Å². The van der Waals surface area contributed by atoms with Crippen molar-refractivity contribution in [2.24, 2.45) is 10.9 Å². The van der Waals surface area contributed by atoms with E-state index in [0.717, 1.165) is 0 Å². The Kier molecular flexibility index (Phi) is 4.57. The molecule has 0 spiro atoms. The Morgan fingerprint density at radius 2 is 2.10 bits per heavy atom. The normalized spacial score (nSPS) is 11.4. The van der Waals surface area contributed by atoms with Crippen LogP contribution in [0.25, 0.3) is 0 Å². The number of nitrogens with two attached hydrogens (primary N) is 1. The summed E-state index contributed by atoms with van der Waals surface area (Å²) in [5.41, 5.74) is 6.75. The number of hydrogen-bond acceptors (Lipinski definition) is 3. The van der Waals surface area contributed by atoms with Crippen molar-refractivity contribution in [1.82, 2.24) is 0 Å². The first-order chi connectivity index (χ1) is 9.58. The van der Waals surface area contributed by atoms with Crippen molar-refractivity contribution < 1.29 is 14.3 Å². The van der Waals surface area contributed by atoms with Crippen LogP contribution in [-0.4, -0.2) is 11.0 Å². The zero-order valence-corrected chi connectivity index (χ0v) is 12.0. The summed E-state index contributed by atoms with van der Waals surface area (Å²) < 4.78 is 19.4. The molecule has 0 heterocycles. The summed E-state index contributed by atoms with van der Waals surface area (Å²) >= 11 is 3.22. The fourth-order valence-corrected chi connectivity index (χ4v) is 2.18. The summed E-state index contributed by atoms with van der Waals surface area (Å²) in [6.45, 7) is 0.218. The van der Waals surface area contributed by atoms with Crippen molar-refractivity contribution in [2.45, 2.75) is 6.61 Å². The van der Waals surface area contributed by atoms with Gasteiger partial charge in [-0.25, -0.2) is 4.39 Å². The second kappa shape index (κ2) is 6.38. The molecule has 2 rings (SSSR count). The first-order valence-corrected chi connectivity index (χ1v) is 6.53. The number of rotatable bonds is 4. The molecule has 104 valence electrons. The Balaban J connectivity index is 2.11. The largest absolute Gasteiger partial charge is 0.489 e. The maximum atomic E-state index is 13.2. The van der Waals surface area contributed by atoms with Crippen LogP contribution in [-0.2, 0) is 6.61 Å². The third kappa shape index (κ3) is 3.71. The molecule has 0 bridgehead atoms. The van der Waals surface area contributed by atoms with Gasteiger partial charge in [-0.3, -0.25) is 0 Å². The van der Waals surface area contributed by atoms with Crippen LogP contribution in [0.2, 0.25) is 0 Å². The topological polar surface area (TPSA) is 67.8 Å². The molecule has 0 aliphatic carbocycles. The van der Waals surface area contributed by atoms with E-state index in [2.05, 4.69) is 21.1 Å². The molecule has 0 unspecified atom stereocenters. The number of hydrogen-bond donors (Lipinski definition) is 2. The van der Waals surface area contributed by atoms with Crippen molar-refractivity contribution in [3.05, 3.63) is 63.9 Å². The Morgan fingerprint density at radius 3 is 2.80 bits per heavy atom. The predicted octanol–water partition coefficient (Wildman–Crippen LogP) is 3.26. The summed E-state index contributed by atoms with van der Waals surface area (Å²) in [6, 6.07) is 11.4. The van der Waals surface area contributed by atoms with E-state index in [1.807, 2.05) is 0 Å². The van der Waals surface area contributed by atoms with Gasteiger partial charge in [0, 0.05) is 10.0 Å². The van der Waals surface area contributed by atoms with E-state index in [1.165, 1.54) is 12.1 Å². The van der Waals surface area contributed by atoms with E-state index in [9.17, 15) is 4.39 Å². The molecule has 0 amide bonds. The van der Waals surface area contributed by atoms with Crippen LogP contribution in [0.5, 0.6) is 5.75 Å². The van der Waals surface area contributed by atoms with Gasteiger partial charge in [0.1, 0.15) is 18.2 Å². The number of benzene rings is 2. The molecule has 6 heteroatoms. The molecule has 0 radical (unpaired) electrons. The molecule has 2 aromatic rings. The van der Waals surface area contributed by atoms with Gasteiger partial charge in [-0.1, -0.05) is 33.2 Å². The van der Waals surface area contributed by atoms with Gasteiger partial charge in [-0.15, -0.1) is 0 Å². The lowest BCUT2D eigenvalue weighted by Gasteiger charge is -2.08. The number of halogens is 2. The van der Waals surface area contributed by atoms with Crippen LogP contribution in [0.3, 0.4) is 0 Å². The average molecular weight is 339 g/mol. The quantitative estimate of drug-likeness (QED) is 0.389. The number of ether oxygens (including phenoxy) is 1. The Hall–Kier alpha value is -2.08. The van der Waals surface area contributed by atoms with Crippen LogP contribution in [0, 0.1) is 5.82 Å². The number of oxime groups is 1. The van der Waals surface area contributed by atoms with Gasteiger partial charge in [-0.05, 0) is 35.9 Å². The van der Waals surface area contributed by atoms with Crippen LogP contribution in [0.15, 0.2) is 52.1 Å². The molecule has 0 fully saturated rings. The summed E-state index contributed by atoms with van der Waals surface area (Å²) in [4.78, 5) is 0. The molecule has 0 saturated carbocycles. The monoisotopic (exact) mass is 338 g/mol. The first kappa shape index (κ1) is 14.3. The number of nitrogens with zero attached hydrogens (tertiary/aromatic N) is 1. The van der Waals surface area contributed by atoms with Crippen LogP contribution in [0.4, 0.5) is 4.39 Å².